The minimum Gasteiger partial charge on any atom is -0.410 e. The second kappa shape index (κ2) is 18.7. The van der Waals surface area contributed by atoms with Crippen molar-refractivity contribution in [2.45, 2.75) is 174 Å². The van der Waals surface area contributed by atoms with Gasteiger partial charge in [0.2, 0.25) is 0 Å². The lowest BCUT2D eigenvalue weighted by Crippen LogP contribution is -2.55. The zero-order valence-corrected chi connectivity index (χ0v) is 36.9. The van der Waals surface area contributed by atoms with Crippen molar-refractivity contribution < 1.29 is 28.1 Å². The van der Waals surface area contributed by atoms with Crippen LogP contribution in [0.15, 0.2) is 42.5 Å². The molecule has 0 aliphatic carbocycles. The number of unbranched alkanes of at least 4 members (excludes halogenated alkanes) is 1. The predicted molar refractivity (Wildman–Crippen MR) is 215 cm³/mol. The van der Waals surface area contributed by atoms with Crippen LogP contribution in [0.2, 0.25) is 36.3 Å². The summed E-state index contributed by atoms with van der Waals surface area (Å²) in [5.41, 5.74) is 4.92. The van der Waals surface area contributed by atoms with Crippen molar-refractivity contribution in [1.29, 1.82) is 0 Å². The summed E-state index contributed by atoms with van der Waals surface area (Å²) in [6, 6.07) is 10.7. The third kappa shape index (κ3) is 12.7. The first-order chi connectivity index (χ1) is 23.0. The highest BCUT2D eigenvalue weighted by Gasteiger charge is 2.46. The zero-order valence-electron chi connectivity index (χ0n) is 34.9. The molecule has 0 amide bonds. The molecule has 2 rings (SSSR count). The molecule has 8 atom stereocenters. The molecular formula is C42H74O6Si2. The van der Waals surface area contributed by atoms with Crippen LogP contribution in [-0.2, 0) is 28.1 Å². The van der Waals surface area contributed by atoms with Gasteiger partial charge in [0.25, 0.3) is 0 Å². The van der Waals surface area contributed by atoms with Crippen molar-refractivity contribution in [3.63, 3.8) is 0 Å². The number of hydrogen-bond acceptors (Lipinski definition) is 6. The average Bonchev–Trinajstić information content (AvgIpc) is 3.02. The van der Waals surface area contributed by atoms with E-state index in [1.54, 1.807) is 21.3 Å². The topological polar surface area (TPSA) is 55.4 Å². The minimum atomic E-state index is -1.93. The van der Waals surface area contributed by atoms with Gasteiger partial charge < -0.3 is 28.1 Å². The van der Waals surface area contributed by atoms with E-state index in [1.807, 2.05) is 13.8 Å². The molecule has 0 N–H and O–H groups in total. The molecule has 1 aliphatic rings. The summed E-state index contributed by atoms with van der Waals surface area (Å²) in [5, 5.41) is 0.327. The van der Waals surface area contributed by atoms with E-state index in [4.69, 9.17) is 28.1 Å². The molecule has 1 aliphatic heterocycles. The lowest BCUT2D eigenvalue weighted by Gasteiger charge is -2.47. The molecule has 0 spiro atoms. The Balaban J connectivity index is 2.13. The van der Waals surface area contributed by atoms with E-state index < -0.39 is 22.2 Å². The summed E-state index contributed by atoms with van der Waals surface area (Å²) < 4.78 is 38.0. The highest BCUT2D eigenvalue weighted by molar-refractivity contribution is 6.87. The minimum absolute atomic E-state index is 0.0550. The van der Waals surface area contributed by atoms with Crippen molar-refractivity contribution in [3.8, 4) is 11.5 Å². The SMILES string of the molecule is CO[C@@H](C#C[Si](C)(C)C(C)(C)C)[C@H]1OC(C)(C)O[C@@H]([C@@H](C)/C=C/[C@@H](OC)[C@H](CCCC[C@H](O[Si](C)(C)C(C)(C)C)c2ccccc2)OC)[C@H]1C. The molecule has 1 aromatic carbocycles. The van der Waals surface area contributed by atoms with E-state index >= 15 is 0 Å². The summed E-state index contributed by atoms with van der Waals surface area (Å²) in [4.78, 5) is 0. The number of methoxy groups -OCH3 is 3. The molecule has 0 bridgehead atoms. The number of hydrogen-bond donors (Lipinski definition) is 0. The Morgan fingerprint density at radius 3 is 1.92 bits per heavy atom. The van der Waals surface area contributed by atoms with Crippen LogP contribution in [0.1, 0.15) is 107 Å². The van der Waals surface area contributed by atoms with Gasteiger partial charge in [-0.3, -0.25) is 0 Å². The van der Waals surface area contributed by atoms with E-state index in [9.17, 15) is 0 Å². The summed E-state index contributed by atoms with van der Waals surface area (Å²) in [6.45, 7) is 31.5. The van der Waals surface area contributed by atoms with Crippen LogP contribution in [0.5, 0.6) is 0 Å². The molecule has 0 unspecified atom stereocenters. The Hall–Kier alpha value is -1.29. The van der Waals surface area contributed by atoms with E-state index in [1.165, 1.54) is 5.56 Å². The smallest absolute Gasteiger partial charge is 0.192 e. The number of benzene rings is 1. The van der Waals surface area contributed by atoms with Crippen LogP contribution in [-0.4, -0.2) is 74.0 Å². The molecule has 1 aromatic rings. The monoisotopic (exact) mass is 731 g/mol. The molecule has 50 heavy (non-hydrogen) atoms. The molecule has 1 heterocycles. The predicted octanol–water partition coefficient (Wildman–Crippen LogP) is 10.8. The fraction of sp³-hybridized carbons (Fsp3) is 0.762. The molecule has 0 saturated carbocycles. The quantitative estimate of drug-likeness (QED) is 0.0730. The standard InChI is InChI=1S/C42H74O6Si2/c1-31(38-32(2)39(47-42(9,10)46-38)37(45-13)29-30-49(14,15)40(3,4)5)27-28-36(44-12)35(43-11)26-22-21-25-34(33-23-19-18-20-24-33)48-50(16,17)41(6,7)8/h18-20,23-24,27-28,31-32,34-39H,21-22,25-26H2,1-17H3/b28-27+/t31-,32+,34-,35-,36+,37-,38-,39-/m0/s1. The van der Waals surface area contributed by atoms with Gasteiger partial charge >= 0.3 is 0 Å². The van der Waals surface area contributed by atoms with Gasteiger partial charge in [-0.2, -0.15) is 0 Å². The molecule has 8 heteroatoms. The first kappa shape index (κ1) is 44.9. The molecule has 286 valence electrons. The van der Waals surface area contributed by atoms with Gasteiger partial charge in [0.1, 0.15) is 26.4 Å². The maximum Gasteiger partial charge on any atom is 0.192 e. The molecule has 1 saturated heterocycles. The van der Waals surface area contributed by atoms with E-state index in [0.717, 1.165) is 25.7 Å². The van der Waals surface area contributed by atoms with Crippen LogP contribution < -0.4 is 0 Å². The Morgan fingerprint density at radius 2 is 1.40 bits per heavy atom. The molecule has 0 radical (unpaired) electrons. The van der Waals surface area contributed by atoms with E-state index in [-0.39, 0.29) is 58.5 Å². The van der Waals surface area contributed by atoms with Crippen molar-refractivity contribution in [3.05, 3.63) is 48.0 Å². The maximum atomic E-state index is 6.94. The Morgan fingerprint density at radius 1 is 0.820 bits per heavy atom. The van der Waals surface area contributed by atoms with E-state index in [2.05, 4.69) is 136 Å². The Bertz CT molecular complexity index is 1240. The van der Waals surface area contributed by atoms with Gasteiger partial charge in [-0.05, 0) is 55.4 Å². The second-order valence-electron chi connectivity index (χ2n) is 18.0. The Kier molecular flexibility index (Phi) is 16.7. The number of rotatable bonds is 16. The highest BCUT2D eigenvalue weighted by atomic mass is 28.4. The first-order valence-electron chi connectivity index (χ1n) is 18.9. The van der Waals surface area contributed by atoms with Crippen molar-refractivity contribution in [2.24, 2.45) is 11.8 Å². The van der Waals surface area contributed by atoms with Crippen LogP contribution in [0.4, 0.5) is 0 Å². The van der Waals surface area contributed by atoms with Gasteiger partial charge in [0.15, 0.2) is 14.1 Å². The maximum absolute atomic E-state index is 6.94. The van der Waals surface area contributed by atoms with Crippen molar-refractivity contribution in [2.75, 3.05) is 21.3 Å². The normalized spacial score (nSPS) is 23.5. The summed E-state index contributed by atoms with van der Waals surface area (Å²) in [7, 11) is 1.55. The Labute approximate surface area is 309 Å². The fourth-order valence-corrected chi connectivity index (χ4v) is 8.25. The largest absolute Gasteiger partial charge is 0.410 e. The summed E-state index contributed by atoms with van der Waals surface area (Å²) >= 11 is 0. The molecule has 0 aromatic heterocycles. The van der Waals surface area contributed by atoms with Gasteiger partial charge in [-0.15, -0.1) is 5.54 Å². The summed E-state index contributed by atoms with van der Waals surface area (Å²) in [5.74, 6) is 2.91. The van der Waals surface area contributed by atoms with Crippen molar-refractivity contribution in [1.82, 2.24) is 0 Å². The third-order valence-electron chi connectivity index (χ3n) is 11.5. The second-order valence-corrected chi connectivity index (χ2v) is 27.8. The van der Waals surface area contributed by atoms with Crippen LogP contribution >= 0.6 is 0 Å². The molecular weight excluding hydrogens is 657 g/mol. The van der Waals surface area contributed by atoms with Crippen LogP contribution in [0.25, 0.3) is 0 Å². The van der Waals surface area contributed by atoms with Gasteiger partial charge in [-0.25, -0.2) is 0 Å². The van der Waals surface area contributed by atoms with E-state index in [0.29, 0.717) is 0 Å². The van der Waals surface area contributed by atoms with Crippen LogP contribution in [0, 0.1) is 23.3 Å². The first-order valence-corrected chi connectivity index (χ1v) is 24.8. The molecule has 1 fully saturated rings. The third-order valence-corrected chi connectivity index (χ3v) is 20.5. The van der Waals surface area contributed by atoms with Gasteiger partial charge in [-0.1, -0.05) is 130 Å². The van der Waals surface area contributed by atoms with Crippen molar-refractivity contribution >= 4 is 16.4 Å². The van der Waals surface area contributed by atoms with Gasteiger partial charge in [0, 0.05) is 33.2 Å². The molecule has 6 nitrogen and oxygen atoms in total. The summed E-state index contributed by atoms with van der Waals surface area (Å²) in [6.07, 6.45) is 7.58. The lowest BCUT2D eigenvalue weighted by atomic mass is 9.84. The highest BCUT2D eigenvalue weighted by Crippen LogP contribution is 2.41. The average molecular weight is 731 g/mol. The van der Waals surface area contributed by atoms with Gasteiger partial charge in [0.05, 0.1) is 18.3 Å². The zero-order chi connectivity index (χ0) is 38.1. The number of ether oxygens (including phenoxy) is 5. The lowest BCUT2D eigenvalue weighted by molar-refractivity contribution is -0.334. The van der Waals surface area contributed by atoms with Crippen LogP contribution in [0.3, 0.4) is 0 Å². The fourth-order valence-electron chi connectivity index (χ4n) is 6.06.